The topological polar surface area (TPSA) is 69.8 Å². The van der Waals surface area contributed by atoms with E-state index in [1.54, 1.807) is 7.11 Å². The van der Waals surface area contributed by atoms with E-state index in [1.807, 2.05) is 23.3 Å². The van der Waals surface area contributed by atoms with Gasteiger partial charge >= 0.3 is 0 Å². The van der Waals surface area contributed by atoms with Crippen LogP contribution in [0.3, 0.4) is 0 Å². The maximum Gasteiger partial charge on any atom is 0.130 e. The lowest BCUT2D eigenvalue weighted by molar-refractivity contribution is 0.199. The van der Waals surface area contributed by atoms with Crippen molar-refractivity contribution >= 4 is 0 Å². The number of aryl methyl sites for hydroxylation is 1. The summed E-state index contributed by atoms with van der Waals surface area (Å²) in [5.74, 6) is 0.992. The van der Waals surface area contributed by atoms with Gasteiger partial charge in [-0.25, -0.2) is 9.67 Å². The Balaban J connectivity index is 1.87. The van der Waals surface area contributed by atoms with Crippen LogP contribution in [0.5, 0.6) is 0 Å². The average molecular weight is 264 g/mol. The van der Waals surface area contributed by atoms with Crippen molar-refractivity contribution in [3.8, 4) is 0 Å². The first-order chi connectivity index (χ1) is 9.33. The van der Waals surface area contributed by atoms with Gasteiger partial charge in [0.15, 0.2) is 0 Å². The van der Waals surface area contributed by atoms with Crippen molar-refractivity contribution in [2.24, 2.45) is 0 Å². The van der Waals surface area contributed by atoms with Crippen LogP contribution < -0.4 is 5.32 Å². The van der Waals surface area contributed by atoms with Gasteiger partial charge in [0, 0.05) is 39.1 Å². The van der Waals surface area contributed by atoms with Crippen LogP contribution >= 0.6 is 0 Å². The van der Waals surface area contributed by atoms with Crippen LogP contribution in [-0.4, -0.2) is 44.8 Å². The Bertz CT molecular complexity index is 492. The van der Waals surface area contributed by atoms with Gasteiger partial charge in [0.25, 0.3) is 0 Å². The molecule has 0 aliphatic carbocycles. The summed E-state index contributed by atoms with van der Waals surface area (Å²) in [5, 5.41) is 11.5. The molecule has 0 aromatic carbocycles. The lowest BCUT2D eigenvalue weighted by atomic mass is 10.4. The second kappa shape index (κ2) is 7.01. The highest BCUT2D eigenvalue weighted by atomic mass is 16.5. The van der Waals surface area contributed by atoms with E-state index in [0.29, 0.717) is 19.7 Å². The second-order valence-electron chi connectivity index (χ2n) is 4.21. The second-order valence-corrected chi connectivity index (χ2v) is 4.21. The third-order valence-corrected chi connectivity index (χ3v) is 2.82. The van der Waals surface area contributed by atoms with E-state index in [0.717, 1.165) is 24.6 Å². The van der Waals surface area contributed by atoms with Crippen molar-refractivity contribution in [3.63, 3.8) is 0 Å². The van der Waals surface area contributed by atoms with Gasteiger partial charge in [-0.3, -0.25) is 0 Å². The Labute approximate surface area is 112 Å². The zero-order valence-electron chi connectivity index (χ0n) is 11.4. The number of ether oxygens (including phenoxy) is 1. The van der Waals surface area contributed by atoms with Gasteiger partial charge in [0.2, 0.25) is 0 Å². The number of hydrogen-bond donors (Lipinski definition) is 1. The summed E-state index contributed by atoms with van der Waals surface area (Å²) in [6, 6.07) is 0. The largest absolute Gasteiger partial charge is 0.383 e. The van der Waals surface area contributed by atoms with Gasteiger partial charge in [0.05, 0.1) is 18.5 Å². The fourth-order valence-corrected chi connectivity index (χ4v) is 1.81. The molecule has 0 aliphatic heterocycles. The lowest BCUT2D eigenvalue weighted by Crippen LogP contribution is -2.18. The predicted octanol–water partition coefficient (Wildman–Crippen LogP) is 0.279. The van der Waals surface area contributed by atoms with Crippen LogP contribution in [0.25, 0.3) is 0 Å². The zero-order valence-corrected chi connectivity index (χ0v) is 11.4. The summed E-state index contributed by atoms with van der Waals surface area (Å²) in [4.78, 5) is 4.32. The van der Waals surface area contributed by atoms with Crippen LogP contribution in [0, 0.1) is 0 Å². The number of aromatic nitrogens is 5. The molecule has 2 aromatic rings. The minimum absolute atomic E-state index is 0.645. The molecule has 0 spiro atoms. The van der Waals surface area contributed by atoms with Gasteiger partial charge < -0.3 is 14.6 Å². The molecule has 0 saturated heterocycles. The molecule has 2 rings (SSSR count). The normalized spacial score (nSPS) is 11.1. The van der Waals surface area contributed by atoms with E-state index >= 15 is 0 Å². The Kier molecular flexibility index (Phi) is 5.05. The van der Waals surface area contributed by atoms with Gasteiger partial charge in [-0.1, -0.05) is 5.21 Å². The van der Waals surface area contributed by atoms with Crippen LogP contribution in [-0.2, 0) is 24.4 Å². The number of imidazole rings is 1. The lowest BCUT2D eigenvalue weighted by Gasteiger charge is -2.03. The quantitative estimate of drug-likeness (QED) is 0.693. The van der Waals surface area contributed by atoms with E-state index in [-0.39, 0.29) is 0 Å². The highest BCUT2D eigenvalue weighted by Gasteiger charge is 2.05. The smallest absolute Gasteiger partial charge is 0.130 e. The molecule has 0 saturated carbocycles. The van der Waals surface area contributed by atoms with Crippen molar-refractivity contribution in [1.82, 2.24) is 29.9 Å². The molecule has 7 nitrogen and oxygen atoms in total. The summed E-state index contributed by atoms with van der Waals surface area (Å²) in [5.41, 5.74) is 0.922. The molecule has 0 bridgehead atoms. The van der Waals surface area contributed by atoms with Crippen LogP contribution in [0.2, 0.25) is 0 Å². The van der Waals surface area contributed by atoms with Crippen molar-refractivity contribution in [2.75, 3.05) is 20.3 Å². The van der Waals surface area contributed by atoms with E-state index in [1.165, 1.54) is 0 Å². The first-order valence-electron chi connectivity index (χ1n) is 6.42. The molecule has 0 radical (unpaired) electrons. The molecule has 0 unspecified atom stereocenters. The number of nitrogens with zero attached hydrogens (tertiary/aromatic N) is 5. The summed E-state index contributed by atoms with van der Waals surface area (Å²) < 4.78 is 8.87. The number of nitrogens with one attached hydrogen (secondary N) is 1. The molecule has 0 fully saturated rings. The standard InChI is InChI=1S/C12H20N6O/c1-3-17-6-4-14-12(17)10-18-9-11(15-16-18)8-13-5-7-19-2/h4,6,9,13H,3,5,7-8,10H2,1-2H3. The number of hydrogen-bond acceptors (Lipinski definition) is 5. The summed E-state index contributed by atoms with van der Waals surface area (Å²) >= 11 is 0. The highest BCUT2D eigenvalue weighted by molar-refractivity contribution is 4.96. The minimum Gasteiger partial charge on any atom is -0.383 e. The Morgan fingerprint density at radius 2 is 2.32 bits per heavy atom. The molecular formula is C12H20N6O. The Morgan fingerprint density at radius 1 is 1.42 bits per heavy atom. The van der Waals surface area contributed by atoms with Crippen LogP contribution in [0.4, 0.5) is 0 Å². The van der Waals surface area contributed by atoms with E-state index in [2.05, 4.69) is 32.1 Å². The summed E-state index contributed by atoms with van der Waals surface area (Å²) in [7, 11) is 1.69. The summed E-state index contributed by atoms with van der Waals surface area (Å²) in [6.07, 6.45) is 5.72. The molecular weight excluding hydrogens is 244 g/mol. The molecule has 19 heavy (non-hydrogen) atoms. The van der Waals surface area contributed by atoms with Crippen LogP contribution in [0.15, 0.2) is 18.6 Å². The van der Waals surface area contributed by atoms with E-state index in [4.69, 9.17) is 4.74 Å². The van der Waals surface area contributed by atoms with Gasteiger partial charge in [-0.2, -0.15) is 0 Å². The third kappa shape index (κ3) is 3.87. The number of rotatable bonds is 8. The molecule has 1 N–H and O–H groups in total. The maximum absolute atomic E-state index is 4.97. The minimum atomic E-state index is 0.645. The molecule has 7 heteroatoms. The molecule has 0 aliphatic rings. The van der Waals surface area contributed by atoms with Crippen molar-refractivity contribution in [3.05, 3.63) is 30.1 Å². The summed E-state index contributed by atoms with van der Waals surface area (Å²) in [6.45, 7) is 5.86. The van der Waals surface area contributed by atoms with Gasteiger partial charge in [-0.15, -0.1) is 5.10 Å². The third-order valence-electron chi connectivity index (χ3n) is 2.82. The van der Waals surface area contributed by atoms with Crippen molar-refractivity contribution < 1.29 is 4.74 Å². The molecule has 0 amide bonds. The maximum atomic E-state index is 4.97. The molecule has 2 heterocycles. The monoisotopic (exact) mass is 264 g/mol. The predicted molar refractivity (Wildman–Crippen MR) is 70.6 cm³/mol. The van der Waals surface area contributed by atoms with Gasteiger partial charge in [-0.05, 0) is 6.92 Å². The van der Waals surface area contributed by atoms with E-state index < -0.39 is 0 Å². The van der Waals surface area contributed by atoms with E-state index in [9.17, 15) is 0 Å². The highest BCUT2D eigenvalue weighted by Crippen LogP contribution is 2.01. The fourth-order valence-electron chi connectivity index (χ4n) is 1.81. The van der Waals surface area contributed by atoms with Crippen LogP contribution in [0.1, 0.15) is 18.4 Å². The van der Waals surface area contributed by atoms with Crippen molar-refractivity contribution in [1.29, 1.82) is 0 Å². The Morgan fingerprint density at radius 3 is 3.11 bits per heavy atom. The van der Waals surface area contributed by atoms with Crippen molar-refractivity contribution in [2.45, 2.75) is 26.6 Å². The number of methoxy groups -OCH3 is 1. The fraction of sp³-hybridized carbons (Fsp3) is 0.583. The average Bonchev–Trinajstić information content (AvgIpc) is 3.04. The first-order valence-corrected chi connectivity index (χ1v) is 6.42. The molecule has 2 aromatic heterocycles. The zero-order chi connectivity index (χ0) is 13.5. The Hall–Kier alpha value is -1.73. The SMILES string of the molecule is CCn1ccnc1Cn1cc(CNCCOC)nn1. The first kappa shape index (κ1) is 13.7. The molecule has 104 valence electrons. The molecule has 0 atom stereocenters. The van der Waals surface area contributed by atoms with Gasteiger partial charge in [0.1, 0.15) is 12.4 Å².